The number of aromatic nitrogens is 3. The maximum Gasteiger partial charge on any atom is 0.431 e. The Balaban J connectivity index is 0.00000166. The average molecular weight is 451 g/mol. The number of halogens is 5. The third-order valence-corrected chi connectivity index (χ3v) is 4.41. The van der Waals surface area contributed by atoms with Crippen LogP contribution in [0.25, 0.3) is 11.5 Å². The van der Waals surface area contributed by atoms with Gasteiger partial charge < -0.3 is 19.6 Å². The molecular formula is C18H22F5N5O3. The molecule has 0 aliphatic carbocycles. The Hall–Kier alpha value is -2.99. The molecular weight excluding hydrogens is 429 g/mol. The molecule has 0 bridgehead atoms. The van der Waals surface area contributed by atoms with Crippen molar-refractivity contribution < 1.29 is 31.2 Å². The summed E-state index contributed by atoms with van der Waals surface area (Å²) in [7, 11) is 0. The van der Waals surface area contributed by atoms with Crippen molar-refractivity contribution in [2.24, 2.45) is 5.92 Å². The van der Waals surface area contributed by atoms with Gasteiger partial charge in [0.2, 0.25) is 12.3 Å². The smallest absolute Gasteiger partial charge is 0.403 e. The van der Waals surface area contributed by atoms with E-state index in [-0.39, 0.29) is 48.8 Å². The minimum atomic E-state index is -4.70. The summed E-state index contributed by atoms with van der Waals surface area (Å²) in [6, 6.07) is 1.36. The molecule has 1 aliphatic heterocycles. The fraction of sp³-hybridized carbons (Fsp3) is 0.556. The molecule has 0 saturated carbocycles. The number of hydrogen-bond donors (Lipinski definition) is 2. The quantitative estimate of drug-likeness (QED) is 0.653. The monoisotopic (exact) mass is 451 g/mol. The van der Waals surface area contributed by atoms with Gasteiger partial charge in [0.05, 0.1) is 6.54 Å². The van der Waals surface area contributed by atoms with Crippen LogP contribution in [0, 0.1) is 5.92 Å². The molecule has 2 aromatic rings. The van der Waals surface area contributed by atoms with E-state index in [0.29, 0.717) is 19.0 Å². The summed E-state index contributed by atoms with van der Waals surface area (Å²) in [5.41, 5.74) is -2.54. The molecule has 1 fully saturated rings. The lowest BCUT2D eigenvalue weighted by Gasteiger charge is -2.16. The van der Waals surface area contributed by atoms with Crippen LogP contribution in [0.1, 0.15) is 32.4 Å². The van der Waals surface area contributed by atoms with Crippen molar-refractivity contribution in [1.29, 1.82) is 0 Å². The Bertz CT molecular complexity index is 928. The standard InChI is InChI=1S/C16H16F5N5O3.C2H6/c17-11(18)5-8-3-4-26(7-8)12(27)6-22-15-25-24-14(29-15)9-1-2-10(16(19,20)21)23-13(9)28;1-2/h1-2,8,11H,3-7H2,(H,22,25)(H,23,28);1-2H3. The molecule has 2 N–H and O–H groups in total. The number of carbonyl (C=O) groups excluding carboxylic acids is 1. The summed E-state index contributed by atoms with van der Waals surface area (Å²) in [6.07, 6.45) is -6.88. The SMILES string of the molecule is CC.O=C(CNc1nnc(-c2ccc(C(F)(F)F)[nH]c2=O)o1)N1CCC(CC(F)F)C1. The van der Waals surface area contributed by atoms with Gasteiger partial charge in [-0.25, -0.2) is 8.78 Å². The highest BCUT2D eigenvalue weighted by Gasteiger charge is 2.32. The second-order valence-corrected chi connectivity index (χ2v) is 6.50. The Morgan fingerprint density at radius 3 is 2.65 bits per heavy atom. The van der Waals surface area contributed by atoms with Crippen LogP contribution in [0.3, 0.4) is 0 Å². The zero-order chi connectivity index (χ0) is 23.2. The van der Waals surface area contributed by atoms with E-state index >= 15 is 0 Å². The van der Waals surface area contributed by atoms with Crippen molar-refractivity contribution in [2.45, 2.75) is 39.3 Å². The van der Waals surface area contributed by atoms with Crippen LogP contribution < -0.4 is 10.9 Å². The first-order chi connectivity index (χ1) is 14.6. The largest absolute Gasteiger partial charge is 0.431 e. The van der Waals surface area contributed by atoms with Crippen LogP contribution in [0.5, 0.6) is 0 Å². The summed E-state index contributed by atoms with van der Waals surface area (Å²) >= 11 is 0. The molecule has 3 heterocycles. The van der Waals surface area contributed by atoms with E-state index in [1.165, 1.54) is 4.90 Å². The number of nitrogens with zero attached hydrogens (tertiary/aromatic N) is 3. The fourth-order valence-corrected chi connectivity index (χ4v) is 2.98. The molecule has 1 saturated heterocycles. The van der Waals surface area contributed by atoms with E-state index in [2.05, 4.69) is 15.5 Å². The molecule has 31 heavy (non-hydrogen) atoms. The molecule has 1 atom stereocenters. The predicted molar refractivity (Wildman–Crippen MR) is 101 cm³/mol. The minimum absolute atomic E-state index is 0.212. The van der Waals surface area contributed by atoms with Gasteiger partial charge in [0.25, 0.3) is 11.4 Å². The zero-order valence-electron chi connectivity index (χ0n) is 16.8. The molecule has 0 radical (unpaired) electrons. The topological polar surface area (TPSA) is 104 Å². The number of likely N-dealkylation sites (tertiary alicyclic amines) is 1. The van der Waals surface area contributed by atoms with Crippen LogP contribution in [0.2, 0.25) is 0 Å². The van der Waals surface area contributed by atoms with Crippen molar-refractivity contribution in [3.63, 3.8) is 0 Å². The van der Waals surface area contributed by atoms with Gasteiger partial charge in [-0.2, -0.15) is 13.2 Å². The molecule has 2 aromatic heterocycles. The first kappa shape index (κ1) is 24.3. The highest BCUT2D eigenvalue weighted by molar-refractivity contribution is 5.80. The zero-order valence-corrected chi connectivity index (χ0v) is 16.8. The Labute approximate surface area is 173 Å². The first-order valence-corrected chi connectivity index (χ1v) is 9.57. The number of hydrogen-bond acceptors (Lipinski definition) is 6. The lowest BCUT2D eigenvalue weighted by molar-refractivity contribution is -0.141. The molecule has 0 spiro atoms. The van der Waals surface area contributed by atoms with Crippen molar-refractivity contribution in [3.8, 4) is 11.5 Å². The third kappa shape index (κ3) is 6.49. The molecule has 1 amide bonds. The number of alkyl halides is 5. The van der Waals surface area contributed by atoms with Gasteiger partial charge in [0.15, 0.2) is 0 Å². The van der Waals surface area contributed by atoms with Gasteiger partial charge in [-0.15, -0.1) is 5.10 Å². The summed E-state index contributed by atoms with van der Waals surface area (Å²) in [5.74, 6) is -0.928. The van der Waals surface area contributed by atoms with Crippen LogP contribution in [-0.4, -0.2) is 52.0 Å². The Kier molecular flexibility index (Phi) is 8.11. The van der Waals surface area contributed by atoms with Crippen molar-refractivity contribution in [1.82, 2.24) is 20.1 Å². The lowest BCUT2D eigenvalue weighted by Crippen LogP contribution is -2.34. The second kappa shape index (κ2) is 10.4. The summed E-state index contributed by atoms with van der Waals surface area (Å²) in [5, 5.41) is 9.71. The van der Waals surface area contributed by atoms with Gasteiger partial charge in [-0.05, 0) is 24.5 Å². The van der Waals surface area contributed by atoms with E-state index in [1.54, 1.807) is 4.98 Å². The molecule has 3 rings (SSSR count). The molecule has 1 unspecified atom stereocenters. The van der Waals surface area contributed by atoms with E-state index in [1.807, 2.05) is 13.8 Å². The normalized spacial score (nSPS) is 16.3. The number of anilines is 1. The molecule has 0 aromatic carbocycles. The van der Waals surface area contributed by atoms with Gasteiger partial charge in [-0.1, -0.05) is 18.9 Å². The second-order valence-electron chi connectivity index (χ2n) is 6.50. The number of carbonyl (C=O) groups is 1. The Morgan fingerprint density at radius 2 is 2.03 bits per heavy atom. The van der Waals surface area contributed by atoms with Crippen molar-refractivity contribution >= 4 is 11.9 Å². The highest BCUT2D eigenvalue weighted by Crippen LogP contribution is 2.27. The number of H-pyrrole nitrogens is 1. The van der Waals surface area contributed by atoms with E-state index in [0.717, 1.165) is 6.07 Å². The summed E-state index contributed by atoms with van der Waals surface area (Å²) < 4.78 is 67.8. The minimum Gasteiger partial charge on any atom is -0.403 e. The lowest BCUT2D eigenvalue weighted by atomic mass is 10.1. The average Bonchev–Trinajstić information content (AvgIpc) is 3.36. The highest BCUT2D eigenvalue weighted by atomic mass is 19.4. The fourth-order valence-electron chi connectivity index (χ4n) is 2.98. The predicted octanol–water partition coefficient (Wildman–Crippen LogP) is 3.39. The van der Waals surface area contributed by atoms with Gasteiger partial charge in [0, 0.05) is 19.5 Å². The number of pyridine rings is 1. The van der Waals surface area contributed by atoms with Crippen LogP contribution in [-0.2, 0) is 11.0 Å². The molecule has 13 heteroatoms. The summed E-state index contributed by atoms with van der Waals surface area (Å²) in [4.78, 5) is 27.1. The first-order valence-electron chi connectivity index (χ1n) is 9.57. The van der Waals surface area contributed by atoms with Gasteiger partial charge in [0.1, 0.15) is 11.3 Å². The van der Waals surface area contributed by atoms with Crippen LogP contribution >= 0.6 is 0 Å². The van der Waals surface area contributed by atoms with Gasteiger partial charge in [-0.3, -0.25) is 9.59 Å². The molecule has 172 valence electrons. The molecule has 8 nitrogen and oxygen atoms in total. The number of rotatable bonds is 6. The Morgan fingerprint density at radius 1 is 1.32 bits per heavy atom. The number of nitrogens with one attached hydrogen (secondary N) is 2. The molecule has 1 aliphatic rings. The maximum absolute atomic E-state index is 12.6. The third-order valence-electron chi connectivity index (χ3n) is 4.41. The van der Waals surface area contributed by atoms with Crippen LogP contribution in [0.15, 0.2) is 21.3 Å². The van der Waals surface area contributed by atoms with Crippen LogP contribution in [0.4, 0.5) is 28.0 Å². The number of amides is 1. The van der Waals surface area contributed by atoms with E-state index in [4.69, 9.17) is 4.42 Å². The maximum atomic E-state index is 12.6. The van der Waals surface area contributed by atoms with Gasteiger partial charge >= 0.3 is 12.2 Å². The van der Waals surface area contributed by atoms with E-state index < -0.39 is 23.9 Å². The van der Waals surface area contributed by atoms with Crippen molar-refractivity contribution in [2.75, 3.05) is 25.0 Å². The summed E-state index contributed by atoms with van der Waals surface area (Å²) in [6.45, 7) is 4.36. The number of aromatic amines is 1. The van der Waals surface area contributed by atoms with E-state index in [9.17, 15) is 31.5 Å². The van der Waals surface area contributed by atoms with Crippen molar-refractivity contribution in [3.05, 3.63) is 28.2 Å².